The van der Waals surface area contributed by atoms with Gasteiger partial charge in [-0.1, -0.05) is 271 Å². The average molecular weight is 1310 g/mol. The van der Waals surface area contributed by atoms with E-state index in [1.165, 1.54) is 143 Å². The van der Waals surface area contributed by atoms with Gasteiger partial charge in [0, 0.05) is 54.5 Å². The number of nitrogens with two attached hydrogens (primary N) is 1. The van der Waals surface area contributed by atoms with Gasteiger partial charge in [-0.15, -0.1) is 0 Å². The molecule has 0 saturated heterocycles. The van der Waals surface area contributed by atoms with Gasteiger partial charge in [-0.3, -0.25) is 0 Å². The highest BCUT2D eigenvalue weighted by Crippen LogP contribution is 2.41. The summed E-state index contributed by atoms with van der Waals surface area (Å²) in [5.74, 6) is 0. The van der Waals surface area contributed by atoms with Crippen LogP contribution in [0.15, 0.2) is 381 Å². The van der Waals surface area contributed by atoms with Crippen LogP contribution in [0.5, 0.6) is 0 Å². The quantitative estimate of drug-likeness (QED) is 0.134. The lowest BCUT2D eigenvalue weighted by Crippen LogP contribution is -1.93. The molecular formula is C92H65BrN4. The Morgan fingerprint density at radius 1 is 0.227 bits per heavy atom. The van der Waals surface area contributed by atoms with E-state index in [1.54, 1.807) is 0 Å². The van der Waals surface area contributed by atoms with Crippen LogP contribution in [-0.2, 0) is 0 Å². The Balaban J connectivity index is 0.000000128. The Morgan fingerprint density at radius 3 is 0.897 bits per heavy atom. The van der Waals surface area contributed by atoms with Crippen molar-refractivity contribution in [2.24, 2.45) is 0 Å². The van der Waals surface area contributed by atoms with Crippen LogP contribution in [0.4, 0.5) is 17.1 Å². The SMILES string of the molecule is Brc1ccc(-c2ccc3c(c2)c2cc(-c4ccccc4)ccc2n3-c2ccccc2)cc1.Nc1ccc(-c2cccc3ccccc23)cc1.c1ccc(-c2ccc3c(c2)c2cc(-c4ccc(Nc5ccc(-c6cccc7ccccc67)cc5)cc4)ccc2n3-c2ccccc2)cc1. The van der Waals surface area contributed by atoms with Gasteiger partial charge in [0.05, 0.1) is 22.1 Å². The summed E-state index contributed by atoms with van der Waals surface area (Å²) in [4.78, 5) is 0. The first-order valence-electron chi connectivity index (χ1n) is 32.8. The van der Waals surface area contributed by atoms with Crippen molar-refractivity contribution in [2.45, 2.75) is 0 Å². The fraction of sp³-hybridized carbons (Fsp3) is 0. The van der Waals surface area contributed by atoms with E-state index >= 15 is 0 Å². The highest BCUT2D eigenvalue weighted by atomic mass is 79.9. The van der Waals surface area contributed by atoms with E-state index in [-0.39, 0.29) is 0 Å². The molecule has 460 valence electrons. The van der Waals surface area contributed by atoms with Crippen molar-refractivity contribution >= 4 is 98.1 Å². The average Bonchev–Trinajstić information content (AvgIpc) is 1.60. The monoisotopic (exact) mass is 1300 g/mol. The van der Waals surface area contributed by atoms with Gasteiger partial charge >= 0.3 is 0 Å². The van der Waals surface area contributed by atoms with Crippen molar-refractivity contribution in [3.63, 3.8) is 0 Å². The topological polar surface area (TPSA) is 47.9 Å². The predicted octanol–water partition coefficient (Wildman–Crippen LogP) is 25.7. The molecule has 4 nitrogen and oxygen atoms in total. The normalized spacial score (nSPS) is 11.2. The number of hydrogen-bond acceptors (Lipinski definition) is 2. The first-order chi connectivity index (χ1) is 47.9. The van der Waals surface area contributed by atoms with Gasteiger partial charge < -0.3 is 20.2 Å². The Kier molecular flexibility index (Phi) is 16.4. The molecule has 2 aromatic heterocycles. The molecule has 0 aliphatic rings. The molecule has 18 aromatic rings. The van der Waals surface area contributed by atoms with E-state index < -0.39 is 0 Å². The molecule has 0 fully saturated rings. The first kappa shape index (κ1) is 59.7. The molecule has 0 radical (unpaired) electrons. The van der Waals surface area contributed by atoms with Crippen LogP contribution < -0.4 is 11.1 Å². The molecule has 3 N–H and O–H groups in total. The third-order valence-corrected chi connectivity index (χ3v) is 19.0. The molecule has 0 unspecified atom stereocenters. The predicted molar refractivity (Wildman–Crippen MR) is 417 cm³/mol. The number of fused-ring (bicyclic) bond motifs is 8. The molecule has 18 rings (SSSR count). The van der Waals surface area contributed by atoms with Crippen LogP contribution in [0.1, 0.15) is 0 Å². The van der Waals surface area contributed by atoms with Gasteiger partial charge in [-0.2, -0.15) is 0 Å². The van der Waals surface area contributed by atoms with E-state index in [0.29, 0.717) is 0 Å². The highest BCUT2D eigenvalue weighted by Gasteiger charge is 2.17. The van der Waals surface area contributed by atoms with Gasteiger partial charge in [0.25, 0.3) is 0 Å². The maximum Gasteiger partial charge on any atom is 0.0541 e. The number of benzene rings is 16. The molecule has 0 atom stereocenters. The number of anilines is 3. The Bertz CT molecular complexity index is 5800. The number of para-hydroxylation sites is 2. The fourth-order valence-electron chi connectivity index (χ4n) is 13.6. The maximum atomic E-state index is 5.72. The van der Waals surface area contributed by atoms with Crippen LogP contribution in [0.25, 0.3) is 143 Å². The molecular weight excluding hydrogens is 1240 g/mol. The minimum absolute atomic E-state index is 0.800. The van der Waals surface area contributed by atoms with Crippen molar-refractivity contribution < 1.29 is 0 Å². The smallest absolute Gasteiger partial charge is 0.0541 e. The lowest BCUT2D eigenvalue weighted by Gasteiger charge is -2.11. The van der Waals surface area contributed by atoms with Crippen molar-refractivity contribution in [3.8, 4) is 78.1 Å². The van der Waals surface area contributed by atoms with Gasteiger partial charge in [0.2, 0.25) is 0 Å². The van der Waals surface area contributed by atoms with Crippen LogP contribution in [0.2, 0.25) is 0 Å². The summed E-state index contributed by atoms with van der Waals surface area (Å²) in [6, 6.07) is 134. The van der Waals surface area contributed by atoms with Gasteiger partial charge in [0.15, 0.2) is 0 Å². The zero-order valence-corrected chi connectivity index (χ0v) is 54.7. The standard InChI is InChI=1S/C46H32N2.C30H20BrN.C16H13N/c1-3-10-32(11-4-1)36-22-28-45-43(30-36)44-31-37(23-29-46(44)48(45)40-14-5-2-6-15-40)33-18-24-38(25-19-33)47-39-26-20-35(21-27-39)42-17-9-13-34-12-7-8-16-41(34)42;31-25-15-11-22(12-16-25)24-14-18-30-28(20-24)27-19-23(21-7-3-1-4-8-21)13-17-29(27)32(30)26-9-5-2-6-10-26;17-14-10-8-13(9-11-14)16-7-3-5-12-4-1-2-6-15(12)16/h1-31,47H;1-20H;1-11H,17H2. The summed E-state index contributed by atoms with van der Waals surface area (Å²) >= 11 is 3.55. The number of nitrogen functional groups attached to an aromatic ring is 1. The van der Waals surface area contributed by atoms with Crippen LogP contribution in [-0.4, -0.2) is 9.13 Å². The zero-order valence-electron chi connectivity index (χ0n) is 53.1. The van der Waals surface area contributed by atoms with E-state index in [2.05, 4.69) is 394 Å². The van der Waals surface area contributed by atoms with Crippen LogP contribution >= 0.6 is 15.9 Å². The van der Waals surface area contributed by atoms with Crippen molar-refractivity contribution in [2.75, 3.05) is 11.1 Å². The van der Waals surface area contributed by atoms with Gasteiger partial charge in [-0.25, -0.2) is 0 Å². The lowest BCUT2D eigenvalue weighted by molar-refractivity contribution is 1.18. The molecule has 0 saturated carbocycles. The summed E-state index contributed by atoms with van der Waals surface area (Å²) in [6.07, 6.45) is 0. The Hall–Kier alpha value is -12.3. The summed E-state index contributed by atoms with van der Waals surface area (Å²) < 4.78 is 5.84. The summed E-state index contributed by atoms with van der Waals surface area (Å²) in [5.41, 5.74) is 30.5. The van der Waals surface area contributed by atoms with Crippen molar-refractivity contribution in [1.29, 1.82) is 0 Å². The lowest BCUT2D eigenvalue weighted by atomic mass is 9.98. The number of nitrogens with one attached hydrogen (secondary N) is 1. The summed E-state index contributed by atoms with van der Waals surface area (Å²) in [7, 11) is 0. The minimum Gasteiger partial charge on any atom is -0.399 e. The van der Waals surface area contributed by atoms with Crippen LogP contribution in [0, 0.1) is 0 Å². The molecule has 5 heteroatoms. The minimum atomic E-state index is 0.800. The molecule has 0 bridgehead atoms. The van der Waals surface area contributed by atoms with E-state index in [4.69, 9.17) is 5.73 Å². The van der Waals surface area contributed by atoms with Crippen LogP contribution in [0.3, 0.4) is 0 Å². The van der Waals surface area contributed by atoms with E-state index in [1.807, 2.05) is 12.1 Å². The molecule has 2 heterocycles. The fourth-order valence-corrected chi connectivity index (χ4v) is 13.9. The third-order valence-electron chi connectivity index (χ3n) is 18.5. The van der Waals surface area contributed by atoms with Crippen molar-refractivity contribution in [3.05, 3.63) is 381 Å². The van der Waals surface area contributed by atoms with Gasteiger partial charge in [0.1, 0.15) is 0 Å². The van der Waals surface area contributed by atoms with E-state index in [9.17, 15) is 0 Å². The highest BCUT2D eigenvalue weighted by molar-refractivity contribution is 9.10. The molecule has 0 aliphatic heterocycles. The number of nitrogens with zero attached hydrogens (tertiary/aromatic N) is 2. The number of rotatable bonds is 10. The summed E-state index contributed by atoms with van der Waals surface area (Å²) in [6.45, 7) is 0. The molecule has 16 aromatic carbocycles. The second-order valence-electron chi connectivity index (χ2n) is 24.5. The second-order valence-corrected chi connectivity index (χ2v) is 25.4. The molecule has 0 aliphatic carbocycles. The number of halogens is 1. The Morgan fingerprint density at radius 2 is 0.515 bits per heavy atom. The molecule has 0 amide bonds. The van der Waals surface area contributed by atoms with Crippen molar-refractivity contribution in [1.82, 2.24) is 9.13 Å². The number of aromatic nitrogens is 2. The maximum absolute atomic E-state index is 5.72. The number of hydrogen-bond donors (Lipinski definition) is 2. The second kappa shape index (κ2) is 26.6. The summed E-state index contributed by atoms with van der Waals surface area (Å²) in [5, 5.41) is 13.7. The van der Waals surface area contributed by atoms with Gasteiger partial charge in [-0.05, 0) is 210 Å². The zero-order chi connectivity index (χ0) is 65.0. The third kappa shape index (κ3) is 12.2. The van der Waals surface area contributed by atoms with E-state index in [0.717, 1.165) is 21.5 Å². The largest absolute Gasteiger partial charge is 0.399 e. The molecule has 0 spiro atoms. The Labute approximate surface area is 573 Å². The first-order valence-corrected chi connectivity index (χ1v) is 33.6. The molecule has 97 heavy (non-hydrogen) atoms.